The van der Waals surface area contributed by atoms with E-state index in [1.54, 1.807) is 35.7 Å². The van der Waals surface area contributed by atoms with Crippen LogP contribution in [0.1, 0.15) is 11.1 Å². The van der Waals surface area contributed by atoms with Gasteiger partial charge in [0.25, 0.3) is 0 Å². The van der Waals surface area contributed by atoms with Crippen molar-refractivity contribution in [3.8, 4) is 17.2 Å². The van der Waals surface area contributed by atoms with Crippen molar-refractivity contribution in [3.63, 3.8) is 0 Å². The Labute approximate surface area is 209 Å². The first-order valence-corrected chi connectivity index (χ1v) is 12.3. The molecule has 0 saturated heterocycles. The SMILES string of the molecule is COc1ccc(Br)c(CNCCSc2nnnn2-c2ccccc2)c1OCc1ccc(F)cc1. The van der Waals surface area contributed by atoms with Crippen LogP contribution in [-0.4, -0.2) is 39.6 Å². The Hall–Kier alpha value is -2.95. The van der Waals surface area contributed by atoms with Gasteiger partial charge in [0, 0.05) is 28.9 Å². The molecule has 0 fully saturated rings. The van der Waals surface area contributed by atoms with E-state index >= 15 is 0 Å². The van der Waals surface area contributed by atoms with Gasteiger partial charge in [-0.15, -0.1) is 5.10 Å². The molecule has 1 heterocycles. The fraction of sp³-hybridized carbons (Fsp3) is 0.208. The Bertz CT molecular complexity index is 1210. The number of nitrogens with zero attached hydrogens (tertiary/aromatic N) is 4. The van der Waals surface area contributed by atoms with Gasteiger partial charge in [-0.1, -0.05) is 58.0 Å². The van der Waals surface area contributed by atoms with Crippen molar-refractivity contribution in [1.29, 1.82) is 0 Å². The minimum absolute atomic E-state index is 0.274. The molecular formula is C24H23BrFN5O2S. The highest BCUT2D eigenvalue weighted by Crippen LogP contribution is 2.36. The zero-order valence-electron chi connectivity index (χ0n) is 18.4. The number of benzene rings is 3. The summed E-state index contributed by atoms with van der Waals surface area (Å²) >= 11 is 5.20. The minimum Gasteiger partial charge on any atom is -0.493 e. The van der Waals surface area contributed by atoms with Gasteiger partial charge < -0.3 is 14.8 Å². The first-order valence-electron chi connectivity index (χ1n) is 10.6. The van der Waals surface area contributed by atoms with Crippen molar-refractivity contribution < 1.29 is 13.9 Å². The molecule has 0 aliphatic rings. The molecule has 0 aliphatic heterocycles. The molecular weight excluding hydrogens is 521 g/mol. The maximum atomic E-state index is 13.2. The Morgan fingerprint density at radius 3 is 2.62 bits per heavy atom. The Balaban J connectivity index is 1.35. The molecule has 0 radical (unpaired) electrons. The lowest BCUT2D eigenvalue weighted by atomic mass is 10.1. The van der Waals surface area contributed by atoms with E-state index in [2.05, 4.69) is 36.8 Å². The molecule has 0 unspecified atom stereocenters. The highest BCUT2D eigenvalue weighted by molar-refractivity contribution is 9.10. The monoisotopic (exact) mass is 543 g/mol. The number of halogens is 2. The smallest absolute Gasteiger partial charge is 0.214 e. The zero-order chi connectivity index (χ0) is 23.8. The van der Waals surface area contributed by atoms with Crippen LogP contribution >= 0.6 is 27.7 Å². The van der Waals surface area contributed by atoms with Crippen LogP contribution in [0.3, 0.4) is 0 Å². The van der Waals surface area contributed by atoms with E-state index in [1.165, 1.54) is 12.1 Å². The van der Waals surface area contributed by atoms with Crippen LogP contribution in [-0.2, 0) is 13.2 Å². The number of tetrazole rings is 1. The lowest BCUT2D eigenvalue weighted by Gasteiger charge is -2.17. The fourth-order valence-electron chi connectivity index (χ4n) is 3.23. The summed E-state index contributed by atoms with van der Waals surface area (Å²) in [7, 11) is 1.61. The topological polar surface area (TPSA) is 74.1 Å². The standard InChI is InChI=1S/C24H23BrFN5O2S/c1-32-22-12-11-21(25)20(23(22)33-16-17-7-9-18(26)10-8-17)15-27-13-14-34-24-28-29-30-31(24)19-5-3-2-4-6-19/h2-12,27H,13-16H2,1H3. The second-order valence-corrected chi connectivity index (χ2v) is 9.12. The maximum Gasteiger partial charge on any atom is 0.214 e. The van der Waals surface area contributed by atoms with Gasteiger partial charge in [-0.3, -0.25) is 0 Å². The highest BCUT2D eigenvalue weighted by Gasteiger charge is 2.15. The van der Waals surface area contributed by atoms with Crippen molar-refractivity contribution >= 4 is 27.7 Å². The predicted molar refractivity (Wildman–Crippen MR) is 133 cm³/mol. The van der Waals surface area contributed by atoms with Crippen LogP contribution in [0.2, 0.25) is 0 Å². The Morgan fingerprint density at radius 1 is 1.06 bits per heavy atom. The average molecular weight is 544 g/mol. The summed E-state index contributed by atoms with van der Waals surface area (Å²) in [5.41, 5.74) is 2.74. The van der Waals surface area contributed by atoms with Crippen LogP contribution in [0.15, 0.2) is 76.4 Å². The number of thioether (sulfide) groups is 1. The van der Waals surface area contributed by atoms with Gasteiger partial charge in [-0.2, -0.15) is 4.68 Å². The second kappa shape index (κ2) is 12.0. The van der Waals surface area contributed by atoms with Crippen molar-refractivity contribution in [2.45, 2.75) is 18.3 Å². The van der Waals surface area contributed by atoms with Gasteiger partial charge in [-0.25, -0.2) is 4.39 Å². The van der Waals surface area contributed by atoms with Crippen LogP contribution < -0.4 is 14.8 Å². The van der Waals surface area contributed by atoms with E-state index in [0.717, 1.165) is 38.7 Å². The van der Waals surface area contributed by atoms with Gasteiger partial charge in [0.05, 0.1) is 12.8 Å². The molecule has 7 nitrogen and oxygen atoms in total. The third kappa shape index (κ3) is 6.13. The number of hydrogen-bond donors (Lipinski definition) is 1. The molecule has 1 N–H and O–H groups in total. The molecule has 0 amide bonds. The molecule has 3 aromatic carbocycles. The summed E-state index contributed by atoms with van der Waals surface area (Å²) in [5.74, 6) is 1.79. The summed E-state index contributed by atoms with van der Waals surface area (Å²) in [6.07, 6.45) is 0. The molecule has 4 rings (SSSR count). The maximum absolute atomic E-state index is 13.2. The van der Waals surface area contributed by atoms with Crippen LogP contribution in [0.4, 0.5) is 4.39 Å². The average Bonchev–Trinajstić information content (AvgIpc) is 3.34. The molecule has 1 aromatic heterocycles. The van der Waals surface area contributed by atoms with Crippen molar-refractivity contribution in [2.75, 3.05) is 19.4 Å². The van der Waals surface area contributed by atoms with Crippen LogP contribution in [0.5, 0.6) is 11.5 Å². The van der Waals surface area contributed by atoms with Crippen molar-refractivity contribution in [2.24, 2.45) is 0 Å². The fourth-order valence-corrected chi connectivity index (χ4v) is 4.47. The van der Waals surface area contributed by atoms with E-state index in [0.29, 0.717) is 24.7 Å². The van der Waals surface area contributed by atoms with Gasteiger partial charge in [0.1, 0.15) is 12.4 Å². The van der Waals surface area contributed by atoms with Gasteiger partial charge in [0.15, 0.2) is 11.5 Å². The lowest BCUT2D eigenvalue weighted by molar-refractivity contribution is 0.280. The first kappa shape index (κ1) is 24.2. The zero-order valence-corrected chi connectivity index (χ0v) is 20.9. The number of hydrogen-bond acceptors (Lipinski definition) is 7. The van der Waals surface area contributed by atoms with E-state index in [9.17, 15) is 4.39 Å². The highest BCUT2D eigenvalue weighted by atomic mass is 79.9. The summed E-state index contributed by atoms with van der Waals surface area (Å²) in [5, 5.41) is 16.2. The summed E-state index contributed by atoms with van der Waals surface area (Å²) in [6, 6.07) is 19.8. The van der Waals surface area contributed by atoms with Crippen LogP contribution in [0.25, 0.3) is 5.69 Å². The molecule has 10 heteroatoms. The van der Waals surface area contributed by atoms with Gasteiger partial charge >= 0.3 is 0 Å². The number of para-hydroxylation sites is 1. The van der Waals surface area contributed by atoms with Crippen LogP contribution in [0, 0.1) is 5.82 Å². The Morgan fingerprint density at radius 2 is 1.85 bits per heavy atom. The van der Waals surface area contributed by atoms with Crippen molar-refractivity contribution in [3.05, 3.63) is 88.1 Å². The summed E-state index contributed by atoms with van der Waals surface area (Å²) in [6.45, 7) is 1.60. The van der Waals surface area contributed by atoms with E-state index in [-0.39, 0.29) is 5.82 Å². The largest absolute Gasteiger partial charge is 0.493 e. The van der Waals surface area contributed by atoms with Gasteiger partial charge in [-0.05, 0) is 52.4 Å². The first-order chi connectivity index (χ1) is 16.7. The molecule has 0 spiro atoms. The normalized spacial score (nSPS) is 10.9. The molecule has 34 heavy (non-hydrogen) atoms. The molecule has 0 atom stereocenters. The third-order valence-corrected chi connectivity index (χ3v) is 6.60. The predicted octanol–water partition coefficient (Wildman–Crippen LogP) is 5.03. The third-order valence-electron chi connectivity index (χ3n) is 4.94. The number of rotatable bonds is 11. The summed E-state index contributed by atoms with van der Waals surface area (Å²) < 4.78 is 27.4. The minimum atomic E-state index is -0.274. The summed E-state index contributed by atoms with van der Waals surface area (Å²) in [4.78, 5) is 0. The molecule has 4 aromatic rings. The molecule has 0 bridgehead atoms. The number of aromatic nitrogens is 4. The quantitative estimate of drug-likeness (QED) is 0.210. The Kier molecular flexibility index (Phi) is 8.51. The number of ether oxygens (including phenoxy) is 2. The van der Waals surface area contributed by atoms with E-state index in [1.807, 2.05) is 42.5 Å². The molecule has 0 saturated carbocycles. The van der Waals surface area contributed by atoms with Crippen molar-refractivity contribution in [1.82, 2.24) is 25.5 Å². The number of methoxy groups -OCH3 is 1. The number of nitrogens with one attached hydrogen (secondary N) is 1. The van der Waals surface area contributed by atoms with E-state index < -0.39 is 0 Å². The molecule has 0 aliphatic carbocycles. The molecule has 176 valence electrons. The van der Waals surface area contributed by atoms with Gasteiger partial charge in [0.2, 0.25) is 5.16 Å². The lowest BCUT2D eigenvalue weighted by Crippen LogP contribution is -2.18. The van der Waals surface area contributed by atoms with E-state index in [4.69, 9.17) is 9.47 Å². The second-order valence-electron chi connectivity index (χ2n) is 7.21.